The largest absolute Gasteiger partial charge is 0.342 e. The Morgan fingerprint density at radius 1 is 1.43 bits per heavy atom. The van der Waals surface area contributed by atoms with Crippen molar-refractivity contribution in [2.75, 3.05) is 31.1 Å². The Morgan fingerprint density at radius 2 is 2.14 bits per heavy atom. The lowest BCUT2D eigenvalue weighted by atomic mass is 10.4. The molecule has 6 nitrogen and oxygen atoms in total. The molecular formula is C14H22N4O2S. The lowest BCUT2D eigenvalue weighted by molar-refractivity contribution is -0.129. The van der Waals surface area contributed by atoms with Crippen LogP contribution >= 0.6 is 11.3 Å². The first-order chi connectivity index (χ1) is 10.1. The topological polar surface area (TPSA) is 65.5 Å². The van der Waals surface area contributed by atoms with Crippen LogP contribution in [0.4, 0.5) is 5.13 Å². The van der Waals surface area contributed by atoms with E-state index in [0.717, 1.165) is 31.6 Å². The van der Waals surface area contributed by atoms with Gasteiger partial charge in [-0.15, -0.1) is 11.3 Å². The zero-order valence-electron chi connectivity index (χ0n) is 12.6. The van der Waals surface area contributed by atoms with Crippen LogP contribution in [0.5, 0.6) is 0 Å². The Morgan fingerprint density at radius 3 is 2.76 bits per heavy atom. The molecule has 1 fully saturated rings. The number of carbonyl (C=O) groups excluding carboxylic acids is 2. The fraction of sp³-hybridized carbons (Fsp3) is 0.643. The summed E-state index contributed by atoms with van der Waals surface area (Å²) in [6.45, 7) is 6.73. The molecule has 0 aromatic carbocycles. The van der Waals surface area contributed by atoms with E-state index in [4.69, 9.17) is 0 Å². The predicted octanol–water partition coefficient (Wildman–Crippen LogP) is 1.23. The van der Waals surface area contributed by atoms with Gasteiger partial charge in [-0.3, -0.25) is 14.5 Å². The fourth-order valence-electron chi connectivity index (χ4n) is 2.37. The molecule has 0 spiro atoms. The number of nitrogens with one attached hydrogen (secondary N) is 1. The molecule has 21 heavy (non-hydrogen) atoms. The van der Waals surface area contributed by atoms with E-state index in [0.29, 0.717) is 24.8 Å². The summed E-state index contributed by atoms with van der Waals surface area (Å²) < 4.78 is 0. The second kappa shape index (κ2) is 7.51. The van der Waals surface area contributed by atoms with E-state index in [1.165, 1.54) is 18.3 Å². The molecule has 1 aromatic heterocycles. The number of hydrogen-bond donors (Lipinski definition) is 1. The summed E-state index contributed by atoms with van der Waals surface area (Å²) in [4.78, 5) is 31.3. The van der Waals surface area contributed by atoms with Crippen LogP contribution in [-0.4, -0.2) is 47.9 Å². The molecule has 0 saturated carbocycles. The molecule has 2 rings (SSSR count). The molecule has 1 aliphatic heterocycles. The maximum absolute atomic E-state index is 11.9. The average molecular weight is 310 g/mol. The van der Waals surface area contributed by atoms with Crippen LogP contribution in [0.25, 0.3) is 0 Å². The van der Waals surface area contributed by atoms with E-state index in [9.17, 15) is 9.59 Å². The van der Waals surface area contributed by atoms with Crippen LogP contribution in [0.1, 0.15) is 32.4 Å². The minimum atomic E-state index is -0.00410. The lowest BCUT2D eigenvalue weighted by Crippen LogP contribution is -2.36. The Balaban J connectivity index is 1.80. The van der Waals surface area contributed by atoms with Crippen molar-refractivity contribution in [3.8, 4) is 0 Å². The standard InChI is InChI=1S/C14H22N4O2S/c1-3-18(11(2)19)14-16-12(10-21-14)8-15-9-13(20)17-6-4-5-7-17/h10,15H,3-9H2,1-2H3. The average Bonchev–Trinajstić information content (AvgIpc) is 3.10. The maximum atomic E-state index is 11.9. The minimum absolute atomic E-state index is 0.00410. The van der Waals surface area contributed by atoms with Crippen molar-refractivity contribution < 1.29 is 9.59 Å². The Kier molecular flexibility index (Phi) is 5.69. The van der Waals surface area contributed by atoms with Crippen molar-refractivity contribution in [3.63, 3.8) is 0 Å². The smallest absolute Gasteiger partial charge is 0.236 e. The molecule has 0 unspecified atom stereocenters. The van der Waals surface area contributed by atoms with Crippen molar-refractivity contribution in [2.45, 2.75) is 33.2 Å². The molecule has 7 heteroatoms. The van der Waals surface area contributed by atoms with Gasteiger partial charge in [0, 0.05) is 38.5 Å². The molecule has 116 valence electrons. The first-order valence-electron chi connectivity index (χ1n) is 7.32. The lowest BCUT2D eigenvalue weighted by Gasteiger charge is -2.15. The van der Waals surface area contributed by atoms with E-state index in [1.54, 1.807) is 4.90 Å². The Bertz CT molecular complexity index is 497. The summed E-state index contributed by atoms with van der Waals surface area (Å²) in [5.74, 6) is 0.150. The number of hydrogen-bond acceptors (Lipinski definition) is 5. The number of amides is 2. The molecule has 2 heterocycles. The third-order valence-corrected chi connectivity index (χ3v) is 4.42. The van der Waals surface area contributed by atoms with Crippen molar-refractivity contribution in [1.29, 1.82) is 0 Å². The van der Waals surface area contributed by atoms with Crippen LogP contribution in [0.2, 0.25) is 0 Å². The Labute approximate surface area is 129 Å². The van der Waals surface area contributed by atoms with Gasteiger partial charge in [0.15, 0.2) is 5.13 Å². The highest BCUT2D eigenvalue weighted by molar-refractivity contribution is 7.14. The summed E-state index contributed by atoms with van der Waals surface area (Å²) in [7, 11) is 0. The molecule has 1 N–H and O–H groups in total. The van der Waals surface area contributed by atoms with Crippen LogP contribution in [-0.2, 0) is 16.1 Å². The summed E-state index contributed by atoms with van der Waals surface area (Å²) in [6, 6.07) is 0. The highest BCUT2D eigenvalue weighted by atomic mass is 32.1. The highest BCUT2D eigenvalue weighted by Crippen LogP contribution is 2.20. The van der Waals surface area contributed by atoms with Gasteiger partial charge in [-0.05, 0) is 19.8 Å². The molecule has 0 bridgehead atoms. The van der Waals surface area contributed by atoms with Gasteiger partial charge in [-0.2, -0.15) is 0 Å². The second-order valence-corrected chi connectivity index (χ2v) is 5.91. The zero-order chi connectivity index (χ0) is 15.2. The third kappa shape index (κ3) is 4.25. The normalized spacial score (nSPS) is 14.5. The molecule has 0 atom stereocenters. The molecule has 2 amide bonds. The summed E-state index contributed by atoms with van der Waals surface area (Å²) >= 11 is 1.45. The monoisotopic (exact) mass is 310 g/mol. The van der Waals surface area contributed by atoms with Crippen LogP contribution in [0.3, 0.4) is 0 Å². The van der Waals surface area contributed by atoms with Gasteiger partial charge in [0.1, 0.15) is 0 Å². The SMILES string of the molecule is CCN(C(C)=O)c1nc(CNCC(=O)N2CCCC2)cs1. The molecule has 1 aromatic rings. The fourth-order valence-corrected chi connectivity index (χ4v) is 3.30. The number of anilines is 1. The van der Waals surface area contributed by atoms with Gasteiger partial charge in [-0.25, -0.2) is 4.98 Å². The van der Waals surface area contributed by atoms with Crippen LogP contribution in [0, 0.1) is 0 Å². The second-order valence-electron chi connectivity index (χ2n) is 5.08. The molecule has 0 radical (unpaired) electrons. The number of thiazole rings is 1. The third-order valence-electron chi connectivity index (χ3n) is 3.51. The molecule has 0 aliphatic carbocycles. The number of carbonyl (C=O) groups is 2. The van der Waals surface area contributed by atoms with E-state index >= 15 is 0 Å². The van der Waals surface area contributed by atoms with E-state index in [-0.39, 0.29) is 11.8 Å². The van der Waals surface area contributed by atoms with Crippen molar-refractivity contribution in [2.24, 2.45) is 0 Å². The number of nitrogens with zero attached hydrogens (tertiary/aromatic N) is 3. The maximum Gasteiger partial charge on any atom is 0.236 e. The van der Waals surface area contributed by atoms with Crippen molar-refractivity contribution in [1.82, 2.24) is 15.2 Å². The van der Waals surface area contributed by atoms with Gasteiger partial charge in [-0.1, -0.05) is 0 Å². The van der Waals surface area contributed by atoms with Crippen LogP contribution < -0.4 is 10.2 Å². The zero-order valence-corrected chi connectivity index (χ0v) is 13.4. The summed E-state index contributed by atoms with van der Waals surface area (Å²) in [5, 5.41) is 5.77. The molecular weight excluding hydrogens is 288 g/mol. The van der Waals surface area contributed by atoms with Gasteiger partial charge in [0.2, 0.25) is 11.8 Å². The van der Waals surface area contributed by atoms with Gasteiger partial charge in [0.25, 0.3) is 0 Å². The van der Waals surface area contributed by atoms with Gasteiger partial charge < -0.3 is 10.2 Å². The minimum Gasteiger partial charge on any atom is -0.342 e. The first kappa shape index (κ1) is 15.9. The number of aromatic nitrogens is 1. The van der Waals surface area contributed by atoms with Crippen LogP contribution in [0.15, 0.2) is 5.38 Å². The van der Waals surface area contributed by atoms with Gasteiger partial charge in [0.05, 0.1) is 12.2 Å². The van der Waals surface area contributed by atoms with Gasteiger partial charge >= 0.3 is 0 Å². The predicted molar refractivity (Wildman–Crippen MR) is 83.3 cm³/mol. The first-order valence-corrected chi connectivity index (χ1v) is 8.20. The number of likely N-dealkylation sites (tertiary alicyclic amines) is 1. The molecule has 1 saturated heterocycles. The molecule has 1 aliphatic rings. The number of rotatable bonds is 6. The van der Waals surface area contributed by atoms with Crippen molar-refractivity contribution >= 4 is 28.3 Å². The quantitative estimate of drug-likeness (QED) is 0.858. The van der Waals surface area contributed by atoms with Crippen molar-refractivity contribution in [3.05, 3.63) is 11.1 Å². The van der Waals surface area contributed by atoms with E-state index in [1.807, 2.05) is 17.2 Å². The summed E-state index contributed by atoms with van der Waals surface area (Å²) in [6.07, 6.45) is 2.22. The van der Waals surface area contributed by atoms with E-state index in [2.05, 4.69) is 10.3 Å². The summed E-state index contributed by atoms with van der Waals surface area (Å²) in [5.41, 5.74) is 0.865. The Hall–Kier alpha value is -1.47. The highest BCUT2D eigenvalue weighted by Gasteiger charge is 2.17. The van der Waals surface area contributed by atoms with E-state index < -0.39 is 0 Å².